The minimum Gasteiger partial charge on any atom is -0.358 e. The third-order valence-electron chi connectivity index (χ3n) is 1.49. The Balaban J connectivity index is 2.89. The fourth-order valence-corrected chi connectivity index (χ4v) is 1.74. The molecule has 0 fully saturated rings. The van der Waals surface area contributed by atoms with E-state index < -0.39 is 0 Å². The summed E-state index contributed by atoms with van der Waals surface area (Å²) in [5, 5.41) is 12.0. The van der Waals surface area contributed by atoms with Crippen LogP contribution in [-0.2, 0) is 0 Å². The van der Waals surface area contributed by atoms with Crippen LogP contribution in [0.4, 0.5) is 5.00 Å². The van der Waals surface area contributed by atoms with Crippen molar-refractivity contribution in [3.63, 3.8) is 0 Å². The molecule has 1 aromatic rings. The number of hydrogen-bond acceptors (Lipinski definition) is 4. The van der Waals surface area contributed by atoms with Crippen LogP contribution in [0.3, 0.4) is 0 Å². The number of aliphatic imine (C=N–C) groups is 1. The lowest BCUT2D eigenvalue weighted by atomic mass is 10.7. The molecule has 1 N–H and O–H groups in total. The van der Waals surface area contributed by atoms with Crippen molar-refractivity contribution in [2.45, 2.75) is 0 Å². The summed E-state index contributed by atoms with van der Waals surface area (Å²) in [5.41, 5.74) is 0. The van der Waals surface area contributed by atoms with Gasteiger partial charge in [-0.3, -0.25) is 0 Å². The second kappa shape index (κ2) is 4.79. The lowest BCUT2D eigenvalue weighted by Gasteiger charge is -2.16. The van der Waals surface area contributed by atoms with Crippen molar-refractivity contribution < 1.29 is 0 Å². The summed E-state index contributed by atoms with van der Waals surface area (Å²) in [6.45, 7) is 0. The van der Waals surface area contributed by atoms with E-state index in [1.807, 2.05) is 0 Å². The molecule has 0 saturated heterocycles. The van der Waals surface area contributed by atoms with Crippen LogP contribution in [0.2, 0.25) is 4.47 Å². The Hall–Kier alpha value is -1.32. The highest BCUT2D eigenvalue weighted by atomic mass is 35.5. The summed E-state index contributed by atoms with van der Waals surface area (Å²) >= 11 is 7.00. The van der Waals surface area contributed by atoms with Crippen molar-refractivity contribution in [1.29, 1.82) is 5.26 Å². The van der Waals surface area contributed by atoms with E-state index in [0.29, 0.717) is 10.4 Å². The van der Waals surface area contributed by atoms with Gasteiger partial charge in [0, 0.05) is 14.1 Å². The monoisotopic (exact) mass is 229 g/mol. The molecule has 0 unspecified atom stereocenters. The molecule has 0 amide bonds. The fraction of sp³-hybridized carbons (Fsp3) is 0.286. The van der Waals surface area contributed by atoms with Gasteiger partial charge in [0.1, 0.15) is 5.00 Å². The molecular weight excluding hydrogens is 222 g/mol. The van der Waals surface area contributed by atoms with Gasteiger partial charge in [-0.1, -0.05) is 22.9 Å². The van der Waals surface area contributed by atoms with Gasteiger partial charge in [-0.25, -0.2) is 4.98 Å². The molecule has 0 atom stereocenters. The van der Waals surface area contributed by atoms with Gasteiger partial charge in [0.15, 0.2) is 4.47 Å². The van der Waals surface area contributed by atoms with E-state index in [0.717, 1.165) is 5.00 Å². The van der Waals surface area contributed by atoms with Crippen LogP contribution in [0.1, 0.15) is 0 Å². The average molecular weight is 230 g/mol. The predicted octanol–water partition coefficient (Wildman–Crippen LogP) is 1.29. The van der Waals surface area contributed by atoms with E-state index in [4.69, 9.17) is 16.9 Å². The molecule has 0 aliphatic rings. The van der Waals surface area contributed by atoms with E-state index in [2.05, 4.69) is 15.3 Å². The largest absolute Gasteiger partial charge is 0.358 e. The first-order valence-electron chi connectivity index (χ1n) is 3.68. The van der Waals surface area contributed by atoms with Crippen molar-refractivity contribution in [1.82, 2.24) is 10.3 Å². The van der Waals surface area contributed by atoms with Crippen molar-refractivity contribution in [2.24, 2.45) is 4.99 Å². The lowest BCUT2D eigenvalue weighted by Crippen LogP contribution is -2.35. The Morgan fingerprint density at radius 2 is 2.57 bits per heavy atom. The third-order valence-corrected chi connectivity index (χ3v) is 2.68. The van der Waals surface area contributed by atoms with Crippen molar-refractivity contribution in [2.75, 3.05) is 19.0 Å². The summed E-state index contributed by atoms with van der Waals surface area (Å²) < 4.78 is 0.458. The van der Waals surface area contributed by atoms with Gasteiger partial charge < -0.3 is 10.2 Å². The van der Waals surface area contributed by atoms with Crippen LogP contribution in [0.15, 0.2) is 11.2 Å². The zero-order chi connectivity index (χ0) is 10.6. The van der Waals surface area contributed by atoms with E-state index in [-0.39, 0.29) is 0 Å². The maximum Gasteiger partial charge on any atom is 0.214 e. The summed E-state index contributed by atoms with van der Waals surface area (Å²) in [6, 6.07) is 0. The molecule has 0 aliphatic carbocycles. The Morgan fingerprint density at radius 1 is 1.86 bits per heavy atom. The Labute approximate surface area is 90.7 Å². The van der Waals surface area contributed by atoms with Crippen LogP contribution < -0.4 is 10.2 Å². The highest BCUT2D eigenvalue weighted by Gasteiger charge is 2.10. The van der Waals surface area contributed by atoms with E-state index >= 15 is 0 Å². The summed E-state index contributed by atoms with van der Waals surface area (Å²) in [6.07, 6.45) is 3.33. The fourth-order valence-electron chi connectivity index (χ4n) is 0.850. The van der Waals surface area contributed by atoms with E-state index in [1.54, 1.807) is 31.4 Å². The molecule has 0 aromatic carbocycles. The number of aromatic nitrogens is 1. The van der Waals surface area contributed by atoms with Crippen molar-refractivity contribution >= 4 is 33.9 Å². The number of anilines is 1. The van der Waals surface area contributed by atoms with Gasteiger partial charge in [-0.2, -0.15) is 5.26 Å². The van der Waals surface area contributed by atoms with Crippen LogP contribution in [0.5, 0.6) is 0 Å². The Morgan fingerprint density at radius 3 is 3.00 bits per heavy atom. The number of hydrogen-bond donors (Lipinski definition) is 1. The number of halogens is 1. The standard InChI is InChI=1S/C7H8ClN5S/c1-10-7(12-4-9)13(2)5-3-11-6(8)14-5/h3H,1-2H3,(H,10,12). The van der Waals surface area contributed by atoms with Gasteiger partial charge in [0.2, 0.25) is 12.2 Å². The first-order chi connectivity index (χ1) is 6.69. The smallest absolute Gasteiger partial charge is 0.214 e. The minimum atomic E-state index is 0.452. The van der Waals surface area contributed by atoms with Crippen molar-refractivity contribution in [3.8, 4) is 6.19 Å². The van der Waals surface area contributed by atoms with Gasteiger partial charge >= 0.3 is 0 Å². The topological polar surface area (TPSA) is 64.3 Å². The number of guanidine groups is 1. The minimum absolute atomic E-state index is 0.452. The molecular formula is C7H8ClN5S. The van der Waals surface area contributed by atoms with E-state index in [1.165, 1.54) is 11.3 Å². The molecule has 1 aromatic heterocycles. The lowest BCUT2D eigenvalue weighted by molar-refractivity contribution is 1.08. The molecule has 0 bridgehead atoms. The molecule has 1 rings (SSSR count). The molecule has 0 saturated carbocycles. The molecule has 0 radical (unpaired) electrons. The van der Waals surface area contributed by atoms with Gasteiger partial charge in [0.25, 0.3) is 0 Å². The number of nitrogens with one attached hydrogen (secondary N) is 1. The third kappa shape index (κ3) is 2.34. The molecule has 0 aliphatic heterocycles. The average Bonchev–Trinajstić information content (AvgIpc) is 2.60. The summed E-state index contributed by atoms with van der Waals surface area (Å²) in [4.78, 5) is 9.19. The first-order valence-corrected chi connectivity index (χ1v) is 4.88. The maximum atomic E-state index is 8.43. The highest BCUT2D eigenvalue weighted by Crippen LogP contribution is 2.25. The first kappa shape index (κ1) is 10.8. The zero-order valence-corrected chi connectivity index (χ0v) is 9.22. The molecule has 74 valence electrons. The predicted molar refractivity (Wildman–Crippen MR) is 57.6 cm³/mol. The number of thiazole rings is 1. The number of nitriles is 1. The van der Waals surface area contributed by atoms with Crippen LogP contribution in [-0.4, -0.2) is 25.0 Å². The van der Waals surface area contributed by atoms with Crippen molar-refractivity contribution in [3.05, 3.63) is 10.7 Å². The SMILES string of the molecule is CNC(=NC#N)N(C)c1cnc(Cl)s1. The highest BCUT2D eigenvalue weighted by molar-refractivity contribution is 7.19. The quantitative estimate of drug-likeness (QED) is 0.448. The molecule has 5 nitrogen and oxygen atoms in total. The molecule has 1 heterocycles. The summed E-state index contributed by atoms with van der Waals surface area (Å²) in [5.74, 6) is 0.452. The molecule has 0 spiro atoms. The van der Waals surface area contributed by atoms with Gasteiger partial charge in [-0.15, -0.1) is 4.99 Å². The van der Waals surface area contributed by atoms with Crippen LogP contribution in [0, 0.1) is 11.5 Å². The van der Waals surface area contributed by atoms with Gasteiger partial charge in [0.05, 0.1) is 6.20 Å². The normalized spacial score (nSPS) is 10.9. The second-order valence-electron chi connectivity index (χ2n) is 2.30. The number of nitrogens with zero attached hydrogens (tertiary/aromatic N) is 4. The number of rotatable bonds is 1. The molecule has 7 heteroatoms. The van der Waals surface area contributed by atoms with E-state index in [9.17, 15) is 0 Å². The zero-order valence-electron chi connectivity index (χ0n) is 7.65. The van der Waals surface area contributed by atoms with Crippen LogP contribution >= 0.6 is 22.9 Å². The second-order valence-corrected chi connectivity index (χ2v) is 3.89. The maximum absolute atomic E-state index is 8.43. The summed E-state index contributed by atoms with van der Waals surface area (Å²) in [7, 11) is 3.46. The molecule has 14 heavy (non-hydrogen) atoms. The van der Waals surface area contributed by atoms with Gasteiger partial charge in [-0.05, 0) is 0 Å². The Bertz CT molecular complexity index is 380. The van der Waals surface area contributed by atoms with Crippen LogP contribution in [0.25, 0.3) is 0 Å². The Kier molecular flexibility index (Phi) is 3.68.